The number of Topliss-reactive ketones (excluding diaryl/α,β-unsaturated/α-hetero) is 1. The van der Waals surface area contributed by atoms with E-state index in [0.29, 0.717) is 5.82 Å². The molecule has 3 nitrogen and oxygen atoms in total. The fourth-order valence-corrected chi connectivity index (χ4v) is 4.11. The summed E-state index contributed by atoms with van der Waals surface area (Å²) in [6.07, 6.45) is 2.98. The molecule has 170 valence electrons. The highest BCUT2D eigenvalue weighted by Crippen LogP contribution is 2.35. The van der Waals surface area contributed by atoms with Crippen molar-refractivity contribution >= 4 is 16.6 Å². The Morgan fingerprint density at radius 2 is 1.45 bits per heavy atom. The van der Waals surface area contributed by atoms with E-state index in [1.54, 1.807) is 6.92 Å². The zero-order valence-electron chi connectivity index (χ0n) is 20.4. The maximum absolute atomic E-state index is 12.6. The van der Waals surface area contributed by atoms with E-state index in [0.717, 1.165) is 46.3 Å². The third-order valence-corrected chi connectivity index (χ3v) is 5.61. The molecule has 1 aromatic heterocycles. The highest BCUT2D eigenvalue weighted by Gasteiger charge is 2.25. The zero-order valence-corrected chi connectivity index (χ0v) is 20.4. The molecule has 0 aliphatic heterocycles. The van der Waals surface area contributed by atoms with Crippen LogP contribution in [0.1, 0.15) is 64.1 Å². The van der Waals surface area contributed by atoms with Gasteiger partial charge in [0.2, 0.25) is 0 Å². The number of nitrogens with zero attached hydrogens (tertiary/aromatic N) is 2. The standard InChI is InChI=1S/C27H26N2O.C3H8/c1-4-10-24(19(3)30)25-18(2)28-27(21-12-6-5-7-13-21)29-26(25)23-16-15-20-11-8-9-14-22(20)17-23;1-3-2/h5-9,11-17,24H,4,10H2,1-3H3;3H2,1-2H3. The van der Waals surface area contributed by atoms with Crippen LogP contribution in [0, 0.1) is 6.92 Å². The molecule has 0 spiro atoms. The molecule has 0 saturated heterocycles. The third kappa shape index (κ3) is 5.73. The van der Waals surface area contributed by atoms with Gasteiger partial charge in [-0.15, -0.1) is 0 Å². The van der Waals surface area contributed by atoms with Gasteiger partial charge in [-0.2, -0.15) is 0 Å². The SMILES string of the molecule is CCC.CCCC(C(C)=O)c1c(C)nc(-c2ccccc2)nc1-c1ccc2ccccc2c1. The molecule has 1 unspecified atom stereocenters. The van der Waals surface area contributed by atoms with Gasteiger partial charge in [0, 0.05) is 28.3 Å². The van der Waals surface area contributed by atoms with Crippen LogP contribution in [-0.4, -0.2) is 15.8 Å². The van der Waals surface area contributed by atoms with Crippen LogP contribution >= 0.6 is 0 Å². The Hall–Kier alpha value is -3.33. The van der Waals surface area contributed by atoms with Crippen LogP contribution in [0.3, 0.4) is 0 Å². The number of benzene rings is 3. The number of ketones is 1. The Morgan fingerprint density at radius 3 is 2.09 bits per heavy atom. The largest absolute Gasteiger partial charge is 0.299 e. The van der Waals surface area contributed by atoms with Crippen LogP contribution in [-0.2, 0) is 4.79 Å². The Kier molecular flexibility index (Phi) is 8.48. The van der Waals surface area contributed by atoms with Crippen molar-refractivity contribution in [2.75, 3.05) is 0 Å². The number of hydrogen-bond donors (Lipinski definition) is 0. The van der Waals surface area contributed by atoms with Crippen molar-refractivity contribution in [2.24, 2.45) is 0 Å². The van der Waals surface area contributed by atoms with Gasteiger partial charge in [0.25, 0.3) is 0 Å². The first-order chi connectivity index (χ1) is 16.0. The molecule has 0 bridgehead atoms. The number of fused-ring (bicyclic) bond motifs is 1. The van der Waals surface area contributed by atoms with Crippen molar-refractivity contribution in [3.63, 3.8) is 0 Å². The Balaban J connectivity index is 0.000000968. The lowest BCUT2D eigenvalue weighted by Crippen LogP contribution is -2.14. The van der Waals surface area contributed by atoms with Crippen LogP contribution in [0.25, 0.3) is 33.4 Å². The predicted molar refractivity (Wildman–Crippen MR) is 139 cm³/mol. The van der Waals surface area contributed by atoms with Gasteiger partial charge in [0.1, 0.15) is 5.78 Å². The lowest BCUT2D eigenvalue weighted by Gasteiger charge is -2.20. The van der Waals surface area contributed by atoms with Crippen molar-refractivity contribution in [2.45, 2.75) is 59.8 Å². The van der Waals surface area contributed by atoms with Gasteiger partial charge >= 0.3 is 0 Å². The minimum Gasteiger partial charge on any atom is -0.299 e. The van der Waals surface area contributed by atoms with Crippen molar-refractivity contribution in [3.05, 3.63) is 84.1 Å². The normalized spacial score (nSPS) is 11.5. The average Bonchev–Trinajstić information content (AvgIpc) is 2.83. The molecule has 0 aliphatic rings. The molecular formula is C30H34N2O. The van der Waals surface area contributed by atoms with E-state index in [2.05, 4.69) is 51.1 Å². The summed E-state index contributed by atoms with van der Waals surface area (Å²) in [4.78, 5) is 22.4. The molecule has 1 heterocycles. The molecule has 0 radical (unpaired) electrons. The molecule has 0 fully saturated rings. The molecule has 1 atom stereocenters. The maximum Gasteiger partial charge on any atom is 0.160 e. The minimum atomic E-state index is -0.193. The van der Waals surface area contributed by atoms with Crippen LogP contribution in [0.15, 0.2) is 72.8 Å². The number of aromatic nitrogens is 2. The fourth-order valence-electron chi connectivity index (χ4n) is 4.11. The van der Waals surface area contributed by atoms with E-state index in [1.807, 2.05) is 49.4 Å². The van der Waals surface area contributed by atoms with Crippen molar-refractivity contribution in [3.8, 4) is 22.6 Å². The quantitative estimate of drug-likeness (QED) is 0.305. The highest BCUT2D eigenvalue weighted by molar-refractivity contribution is 5.90. The summed E-state index contributed by atoms with van der Waals surface area (Å²) < 4.78 is 0. The summed E-state index contributed by atoms with van der Waals surface area (Å²) in [5.74, 6) is 0.665. The van der Waals surface area contributed by atoms with Gasteiger partial charge in [-0.25, -0.2) is 9.97 Å². The molecule has 33 heavy (non-hydrogen) atoms. The van der Waals surface area contributed by atoms with Gasteiger partial charge in [-0.1, -0.05) is 100 Å². The predicted octanol–water partition coefficient (Wildman–Crippen LogP) is 8.16. The second-order valence-electron chi connectivity index (χ2n) is 8.48. The molecule has 3 aromatic carbocycles. The van der Waals surface area contributed by atoms with Crippen LogP contribution in [0.2, 0.25) is 0 Å². The summed E-state index contributed by atoms with van der Waals surface area (Å²) in [7, 11) is 0. The van der Waals surface area contributed by atoms with Crippen molar-refractivity contribution in [1.29, 1.82) is 0 Å². The maximum atomic E-state index is 12.6. The van der Waals surface area contributed by atoms with Crippen molar-refractivity contribution in [1.82, 2.24) is 9.97 Å². The van der Waals surface area contributed by atoms with E-state index >= 15 is 0 Å². The molecule has 0 amide bonds. The third-order valence-electron chi connectivity index (χ3n) is 5.61. The molecule has 3 heteroatoms. The summed E-state index contributed by atoms with van der Waals surface area (Å²) in [6, 6.07) is 24.7. The summed E-state index contributed by atoms with van der Waals surface area (Å²) in [6.45, 7) is 10.0. The number of aryl methyl sites for hydroxylation is 1. The van der Waals surface area contributed by atoms with Crippen molar-refractivity contribution < 1.29 is 4.79 Å². The molecule has 4 rings (SSSR count). The monoisotopic (exact) mass is 438 g/mol. The van der Waals surface area contributed by atoms with Gasteiger partial charge in [-0.05, 0) is 37.1 Å². The smallest absolute Gasteiger partial charge is 0.160 e. The lowest BCUT2D eigenvalue weighted by molar-refractivity contribution is -0.118. The molecule has 0 N–H and O–H groups in total. The van der Waals surface area contributed by atoms with E-state index in [4.69, 9.17) is 9.97 Å². The Labute approximate surface area is 197 Å². The average molecular weight is 439 g/mol. The van der Waals surface area contributed by atoms with E-state index in [-0.39, 0.29) is 11.7 Å². The number of carbonyl (C=O) groups is 1. The van der Waals surface area contributed by atoms with Gasteiger partial charge < -0.3 is 0 Å². The molecule has 0 saturated carbocycles. The second kappa shape index (κ2) is 11.5. The highest BCUT2D eigenvalue weighted by atomic mass is 16.1. The fraction of sp³-hybridized carbons (Fsp3) is 0.300. The molecule has 0 aliphatic carbocycles. The minimum absolute atomic E-state index is 0.165. The topological polar surface area (TPSA) is 42.9 Å². The first kappa shape index (κ1) is 24.3. The lowest BCUT2D eigenvalue weighted by atomic mass is 9.86. The number of carbonyl (C=O) groups excluding carboxylic acids is 1. The summed E-state index contributed by atoms with van der Waals surface area (Å²) in [5, 5.41) is 2.35. The van der Waals surface area contributed by atoms with Crippen LogP contribution in [0.4, 0.5) is 0 Å². The summed E-state index contributed by atoms with van der Waals surface area (Å²) >= 11 is 0. The number of hydrogen-bond acceptors (Lipinski definition) is 3. The van der Waals surface area contributed by atoms with Gasteiger partial charge in [0.15, 0.2) is 5.82 Å². The van der Waals surface area contributed by atoms with Gasteiger partial charge in [0.05, 0.1) is 5.69 Å². The first-order valence-electron chi connectivity index (χ1n) is 11.9. The number of rotatable bonds is 6. The second-order valence-corrected chi connectivity index (χ2v) is 8.48. The summed E-state index contributed by atoms with van der Waals surface area (Å²) in [5.41, 5.74) is 4.69. The van der Waals surface area contributed by atoms with E-state index < -0.39 is 0 Å². The molecular weight excluding hydrogens is 404 g/mol. The van der Waals surface area contributed by atoms with Crippen LogP contribution in [0.5, 0.6) is 0 Å². The Bertz CT molecular complexity index is 1210. The molecule has 4 aromatic rings. The van der Waals surface area contributed by atoms with E-state index in [9.17, 15) is 4.79 Å². The Morgan fingerprint density at radius 1 is 0.818 bits per heavy atom. The van der Waals surface area contributed by atoms with Crippen LogP contribution < -0.4 is 0 Å². The first-order valence-corrected chi connectivity index (χ1v) is 11.9. The van der Waals surface area contributed by atoms with E-state index in [1.165, 1.54) is 11.8 Å². The zero-order chi connectivity index (χ0) is 23.8. The van der Waals surface area contributed by atoms with Gasteiger partial charge in [-0.3, -0.25) is 4.79 Å².